The van der Waals surface area contributed by atoms with Crippen LogP contribution in [0.2, 0.25) is 5.28 Å². The minimum Gasteiger partial charge on any atom is -0.287 e. The number of hydrogen-bond donors (Lipinski definition) is 0. The van der Waals surface area contributed by atoms with E-state index < -0.39 is 28.8 Å². The first kappa shape index (κ1) is 12.5. The van der Waals surface area contributed by atoms with Crippen LogP contribution in [0.1, 0.15) is 16.1 Å². The molecule has 3 nitrogen and oxygen atoms in total. The Kier molecular flexibility index (Phi) is 3.29. The molecule has 0 fully saturated rings. The molecule has 0 aliphatic carbocycles. The third-order valence-electron chi connectivity index (χ3n) is 2.09. The Bertz CT molecular complexity index is 610. The van der Waals surface area contributed by atoms with Gasteiger partial charge in [0.05, 0.1) is 5.56 Å². The summed E-state index contributed by atoms with van der Waals surface area (Å²) in [6, 6.07) is 1.98. The zero-order chi connectivity index (χ0) is 13.3. The van der Waals surface area contributed by atoms with Crippen LogP contribution in [0.3, 0.4) is 0 Å². The van der Waals surface area contributed by atoms with Gasteiger partial charge in [-0.25, -0.2) is 23.1 Å². The van der Waals surface area contributed by atoms with Gasteiger partial charge in [-0.3, -0.25) is 4.79 Å². The Morgan fingerprint density at radius 2 is 1.78 bits per heavy atom. The minimum absolute atomic E-state index is 0.233. The predicted molar refractivity (Wildman–Crippen MR) is 56.8 cm³/mol. The fourth-order valence-electron chi connectivity index (χ4n) is 1.35. The van der Waals surface area contributed by atoms with E-state index in [-0.39, 0.29) is 11.0 Å². The van der Waals surface area contributed by atoms with Crippen LogP contribution in [0, 0.1) is 17.5 Å². The highest BCUT2D eigenvalue weighted by atomic mass is 35.5. The van der Waals surface area contributed by atoms with Crippen LogP contribution in [0.25, 0.3) is 0 Å². The lowest BCUT2D eigenvalue weighted by Crippen LogP contribution is -2.10. The molecule has 2 rings (SSSR count). The first-order chi connectivity index (χ1) is 8.49. The van der Waals surface area contributed by atoms with Gasteiger partial charge in [-0.15, -0.1) is 0 Å². The third-order valence-corrected chi connectivity index (χ3v) is 2.27. The molecule has 0 saturated heterocycles. The molecular weight excluding hydrogens is 269 g/mol. The largest absolute Gasteiger partial charge is 0.287 e. The third kappa shape index (κ3) is 2.33. The molecule has 92 valence electrons. The van der Waals surface area contributed by atoms with Gasteiger partial charge < -0.3 is 0 Å². The summed E-state index contributed by atoms with van der Waals surface area (Å²) in [5.41, 5.74) is -1.16. The average Bonchev–Trinajstić information content (AvgIpc) is 2.27. The van der Waals surface area contributed by atoms with Crippen LogP contribution in [0.4, 0.5) is 13.2 Å². The number of rotatable bonds is 2. The van der Waals surface area contributed by atoms with Crippen molar-refractivity contribution in [1.82, 2.24) is 9.97 Å². The molecule has 0 bridgehead atoms. The molecule has 0 aliphatic rings. The van der Waals surface area contributed by atoms with Gasteiger partial charge in [0.1, 0.15) is 23.1 Å². The van der Waals surface area contributed by atoms with Crippen molar-refractivity contribution in [3.05, 3.63) is 58.4 Å². The van der Waals surface area contributed by atoms with Gasteiger partial charge in [0.15, 0.2) is 0 Å². The van der Waals surface area contributed by atoms with E-state index >= 15 is 0 Å². The fourth-order valence-corrected chi connectivity index (χ4v) is 1.50. The molecule has 0 unspecified atom stereocenters. The van der Waals surface area contributed by atoms with E-state index in [0.717, 1.165) is 6.07 Å². The van der Waals surface area contributed by atoms with E-state index in [1.165, 1.54) is 6.20 Å². The van der Waals surface area contributed by atoms with Gasteiger partial charge in [-0.05, 0) is 17.7 Å². The highest BCUT2D eigenvalue weighted by molar-refractivity contribution is 6.28. The van der Waals surface area contributed by atoms with Crippen LogP contribution in [-0.4, -0.2) is 15.8 Å². The summed E-state index contributed by atoms with van der Waals surface area (Å²) in [6.07, 6.45) is 1.17. The van der Waals surface area contributed by atoms with Crippen LogP contribution in [0.5, 0.6) is 0 Å². The lowest BCUT2D eigenvalue weighted by molar-refractivity contribution is 0.102. The van der Waals surface area contributed by atoms with E-state index in [4.69, 9.17) is 11.6 Å². The Morgan fingerprint density at radius 3 is 2.33 bits per heavy atom. The summed E-state index contributed by atoms with van der Waals surface area (Å²) in [5, 5.41) is -0.233. The number of hydrogen-bond acceptors (Lipinski definition) is 3. The molecule has 2 aromatic rings. The van der Waals surface area contributed by atoms with Gasteiger partial charge in [0, 0.05) is 18.3 Å². The Labute approximate surface area is 104 Å². The van der Waals surface area contributed by atoms with E-state index in [9.17, 15) is 18.0 Å². The van der Waals surface area contributed by atoms with E-state index in [2.05, 4.69) is 9.97 Å². The molecule has 1 aromatic heterocycles. The number of halogens is 4. The summed E-state index contributed by atoms with van der Waals surface area (Å²) < 4.78 is 39.4. The van der Waals surface area contributed by atoms with Crippen molar-refractivity contribution in [3.8, 4) is 0 Å². The van der Waals surface area contributed by atoms with Crippen molar-refractivity contribution in [2.45, 2.75) is 0 Å². The maximum absolute atomic E-state index is 13.4. The highest BCUT2D eigenvalue weighted by Crippen LogP contribution is 2.18. The van der Waals surface area contributed by atoms with Gasteiger partial charge in [0.2, 0.25) is 11.1 Å². The lowest BCUT2D eigenvalue weighted by Gasteiger charge is -2.04. The minimum atomic E-state index is -1.30. The molecule has 1 heterocycles. The molecule has 0 N–H and O–H groups in total. The van der Waals surface area contributed by atoms with Gasteiger partial charge in [-0.2, -0.15) is 0 Å². The number of carbonyl (C=O) groups excluding carboxylic acids is 1. The molecule has 18 heavy (non-hydrogen) atoms. The first-order valence-corrected chi connectivity index (χ1v) is 5.04. The zero-order valence-corrected chi connectivity index (χ0v) is 9.38. The van der Waals surface area contributed by atoms with Crippen molar-refractivity contribution >= 4 is 17.4 Å². The summed E-state index contributed by atoms with van der Waals surface area (Å²) >= 11 is 5.46. The van der Waals surface area contributed by atoms with Crippen molar-refractivity contribution in [3.63, 3.8) is 0 Å². The molecule has 1 aromatic carbocycles. The van der Waals surface area contributed by atoms with E-state index in [0.29, 0.717) is 12.1 Å². The quantitative estimate of drug-likeness (QED) is 0.624. The van der Waals surface area contributed by atoms with E-state index in [1.807, 2.05) is 0 Å². The molecule has 0 atom stereocenters. The predicted octanol–water partition coefficient (Wildman–Crippen LogP) is 2.78. The SMILES string of the molecule is O=C(c1ccnc(Cl)n1)c1c(F)cc(F)cc1F. The Balaban J connectivity index is 2.53. The highest BCUT2D eigenvalue weighted by Gasteiger charge is 2.21. The second kappa shape index (κ2) is 4.73. The summed E-state index contributed by atoms with van der Waals surface area (Å²) in [7, 11) is 0. The van der Waals surface area contributed by atoms with Crippen molar-refractivity contribution in [2.75, 3.05) is 0 Å². The van der Waals surface area contributed by atoms with Gasteiger partial charge in [0.25, 0.3) is 0 Å². The standard InChI is InChI=1S/C11H4ClF3N2O/c12-11-16-2-1-8(17-11)10(18)9-6(14)3-5(13)4-7(9)15/h1-4H. The molecule has 0 saturated carbocycles. The smallest absolute Gasteiger partial charge is 0.222 e. The number of ketones is 1. The van der Waals surface area contributed by atoms with Gasteiger partial charge >= 0.3 is 0 Å². The van der Waals surface area contributed by atoms with Crippen LogP contribution >= 0.6 is 11.6 Å². The Morgan fingerprint density at radius 1 is 1.17 bits per heavy atom. The van der Waals surface area contributed by atoms with Crippen LogP contribution < -0.4 is 0 Å². The number of aromatic nitrogens is 2. The normalized spacial score (nSPS) is 10.4. The first-order valence-electron chi connectivity index (χ1n) is 4.67. The summed E-state index contributed by atoms with van der Waals surface area (Å²) in [5.74, 6) is -4.74. The average molecular weight is 273 g/mol. The molecule has 7 heteroatoms. The van der Waals surface area contributed by atoms with Crippen molar-refractivity contribution in [2.24, 2.45) is 0 Å². The molecular formula is C11H4ClF3N2O. The van der Waals surface area contributed by atoms with Crippen molar-refractivity contribution in [1.29, 1.82) is 0 Å². The number of carbonyl (C=O) groups is 1. The van der Waals surface area contributed by atoms with Crippen LogP contribution in [-0.2, 0) is 0 Å². The zero-order valence-electron chi connectivity index (χ0n) is 8.62. The maximum Gasteiger partial charge on any atom is 0.222 e. The molecule has 0 radical (unpaired) electrons. The molecule has 0 aliphatic heterocycles. The summed E-state index contributed by atoms with van der Waals surface area (Å²) in [4.78, 5) is 18.9. The summed E-state index contributed by atoms with van der Waals surface area (Å²) in [6.45, 7) is 0. The fraction of sp³-hybridized carbons (Fsp3) is 0. The monoisotopic (exact) mass is 272 g/mol. The van der Waals surface area contributed by atoms with E-state index in [1.54, 1.807) is 0 Å². The number of nitrogens with zero attached hydrogens (tertiary/aromatic N) is 2. The van der Waals surface area contributed by atoms with Crippen LogP contribution in [0.15, 0.2) is 24.4 Å². The Hall–Kier alpha value is -1.95. The second-order valence-corrected chi connectivity index (χ2v) is 3.62. The number of benzene rings is 1. The molecule has 0 amide bonds. The lowest BCUT2D eigenvalue weighted by atomic mass is 10.1. The topological polar surface area (TPSA) is 42.9 Å². The van der Waals surface area contributed by atoms with Crippen molar-refractivity contribution < 1.29 is 18.0 Å². The maximum atomic E-state index is 13.4. The molecule has 0 spiro atoms. The van der Waals surface area contributed by atoms with Gasteiger partial charge in [-0.1, -0.05) is 0 Å². The second-order valence-electron chi connectivity index (χ2n) is 3.28.